The van der Waals surface area contributed by atoms with Gasteiger partial charge in [0.25, 0.3) is 5.91 Å². The summed E-state index contributed by atoms with van der Waals surface area (Å²) >= 11 is 0. The van der Waals surface area contributed by atoms with E-state index in [1.54, 1.807) is 11.2 Å². The third-order valence-electron chi connectivity index (χ3n) is 6.30. The lowest BCUT2D eigenvalue weighted by Gasteiger charge is -2.42. The maximum atomic E-state index is 13.5. The Hall–Kier alpha value is -2.31. The quantitative estimate of drug-likeness (QED) is 0.846. The second kappa shape index (κ2) is 5.59. The van der Waals surface area contributed by atoms with E-state index in [4.69, 9.17) is 0 Å². The minimum atomic E-state index is -0.988. The lowest BCUT2D eigenvalue weighted by Crippen LogP contribution is -2.38. The summed E-state index contributed by atoms with van der Waals surface area (Å²) in [7, 11) is 0. The molecule has 2 saturated carbocycles. The molecular formula is C19H20F2N4O. The first-order valence-electron chi connectivity index (χ1n) is 9.21. The summed E-state index contributed by atoms with van der Waals surface area (Å²) in [6, 6.07) is 3.85. The van der Waals surface area contributed by atoms with E-state index < -0.39 is 11.6 Å². The Labute approximate surface area is 150 Å². The molecule has 2 aliphatic carbocycles. The molecule has 1 amide bonds. The predicted molar refractivity (Wildman–Crippen MR) is 89.6 cm³/mol. The minimum absolute atomic E-state index is 0.0495. The van der Waals surface area contributed by atoms with Gasteiger partial charge in [-0.3, -0.25) is 4.79 Å². The summed E-state index contributed by atoms with van der Waals surface area (Å²) in [5.74, 6) is -1.02. The second-order valence-corrected chi connectivity index (χ2v) is 7.91. The zero-order valence-electron chi connectivity index (χ0n) is 14.4. The summed E-state index contributed by atoms with van der Waals surface area (Å²) in [6.07, 6.45) is 7.40. The van der Waals surface area contributed by atoms with Crippen LogP contribution in [0.15, 0.2) is 24.5 Å². The molecule has 1 spiro atoms. The summed E-state index contributed by atoms with van der Waals surface area (Å²) in [6.45, 7) is 1.20. The number of aromatic nitrogens is 3. The van der Waals surface area contributed by atoms with Crippen LogP contribution in [0.5, 0.6) is 0 Å². The van der Waals surface area contributed by atoms with E-state index in [1.807, 2.05) is 0 Å². The number of carbonyl (C=O) groups excluding carboxylic acids is 1. The number of hydrogen-bond acceptors (Lipinski definition) is 3. The summed E-state index contributed by atoms with van der Waals surface area (Å²) in [5.41, 5.74) is 0.246. The Kier molecular flexibility index (Phi) is 3.42. The van der Waals surface area contributed by atoms with Crippen molar-refractivity contribution < 1.29 is 13.6 Å². The van der Waals surface area contributed by atoms with Gasteiger partial charge in [0.15, 0.2) is 11.6 Å². The van der Waals surface area contributed by atoms with E-state index in [0.717, 1.165) is 50.1 Å². The highest BCUT2D eigenvalue weighted by atomic mass is 19.2. The third kappa shape index (κ3) is 2.36. The summed E-state index contributed by atoms with van der Waals surface area (Å²) in [4.78, 5) is 14.7. The van der Waals surface area contributed by atoms with E-state index in [1.165, 1.54) is 6.07 Å². The molecular weight excluding hydrogens is 338 g/mol. The van der Waals surface area contributed by atoms with Gasteiger partial charge < -0.3 is 9.47 Å². The SMILES string of the molecule is O=C(c1ccc(F)c(F)c1)N1CC(c2nncn2C2CC2)C2(CCC2)C1. The molecule has 0 bridgehead atoms. The van der Waals surface area contributed by atoms with Crippen LogP contribution in [0.2, 0.25) is 0 Å². The fraction of sp³-hybridized carbons (Fsp3) is 0.526. The van der Waals surface area contributed by atoms with Gasteiger partial charge in [-0.25, -0.2) is 8.78 Å². The molecule has 1 aromatic carbocycles. The third-order valence-corrected chi connectivity index (χ3v) is 6.30. The Balaban J connectivity index is 1.44. The lowest BCUT2D eigenvalue weighted by molar-refractivity contribution is 0.0722. The minimum Gasteiger partial charge on any atom is -0.337 e. The molecule has 1 aromatic heterocycles. The maximum Gasteiger partial charge on any atom is 0.254 e. The number of rotatable bonds is 3. The van der Waals surface area contributed by atoms with Crippen LogP contribution in [0, 0.1) is 17.0 Å². The normalized spacial score (nSPS) is 24.1. The first-order valence-corrected chi connectivity index (χ1v) is 9.21. The second-order valence-electron chi connectivity index (χ2n) is 7.91. The molecule has 1 unspecified atom stereocenters. The van der Waals surface area contributed by atoms with Crippen LogP contribution >= 0.6 is 0 Å². The van der Waals surface area contributed by atoms with E-state index >= 15 is 0 Å². The molecule has 2 aromatic rings. The van der Waals surface area contributed by atoms with Crippen molar-refractivity contribution in [2.24, 2.45) is 5.41 Å². The van der Waals surface area contributed by atoms with Gasteiger partial charge in [0.1, 0.15) is 12.2 Å². The fourth-order valence-electron chi connectivity index (χ4n) is 4.56. The monoisotopic (exact) mass is 358 g/mol. The van der Waals surface area contributed by atoms with E-state index in [-0.39, 0.29) is 22.8 Å². The molecule has 2 heterocycles. The van der Waals surface area contributed by atoms with Gasteiger partial charge in [-0.05, 0) is 49.3 Å². The number of halogens is 2. The first kappa shape index (κ1) is 15.9. The average molecular weight is 358 g/mol. The molecule has 3 aliphatic rings. The van der Waals surface area contributed by atoms with Crippen LogP contribution in [-0.2, 0) is 0 Å². The predicted octanol–water partition coefficient (Wildman–Crippen LogP) is 3.30. The van der Waals surface area contributed by atoms with Crippen LogP contribution < -0.4 is 0 Å². The number of hydrogen-bond donors (Lipinski definition) is 0. The van der Waals surface area contributed by atoms with Crippen molar-refractivity contribution in [1.82, 2.24) is 19.7 Å². The van der Waals surface area contributed by atoms with Gasteiger partial charge in [-0.2, -0.15) is 0 Å². The van der Waals surface area contributed by atoms with Gasteiger partial charge in [-0.1, -0.05) is 6.42 Å². The Morgan fingerprint density at radius 1 is 1.19 bits per heavy atom. The van der Waals surface area contributed by atoms with Crippen LogP contribution in [0.1, 0.15) is 60.2 Å². The maximum absolute atomic E-state index is 13.5. The zero-order chi connectivity index (χ0) is 17.9. The van der Waals surface area contributed by atoms with Crippen molar-refractivity contribution in [1.29, 1.82) is 0 Å². The highest BCUT2D eigenvalue weighted by Gasteiger charge is 2.54. The van der Waals surface area contributed by atoms with Crippen LogP contribution in [-0.4, -0.2) is 38.7 Å². The number of amides is 1. The van der Waals surface area contributed by atoms with Crippen molar-refractivity contribution >= 4 is 5.91 Å². The van der Waals surface area contributed by atoms with Gasteiger partial charge in [0, 0.05) is 30.6 Å². The highest BCUT2D eigenvalue weighted by Crippen LogP contribution is 2.56. The molecule has 1 aliphatic heterocycles. The van der Waals surface area contributed by atoms with Gasteiger partial charge in [-0.15, -0.1) is 10.2 Å². The topological polar surface area (TPSA) is 51.0 Å². The van der Waals surface area contributed by atoms with Crippen molar-refractivity contribution in [3.05, 3.63) is 47.5 Å². The molecule has 5 nitrogen and oxygen atoms in total. The molecule has 0 radical (unpaired) electrons. The lowest BCUT2D eigenvalue weighted by atomic mass is 9.62. The smallest absolute Gasteiger partial charge is 0.254 e. The number of carbonyl (C=O) groups is 1. The first-order chi connectivity index (χ1) is 12.6. The van der Waals surface area contributed by atoms with E-state index in [2.05, 4.69) is 14.8 Å². The van der Waals surface area contributed by atoms with E-state index in [0.29, 0.717) is 19.1 Å². The molecule has 3 fully saturated rings. The molecule has 5 rings (SSSR count). The number of benzene rings is 1. The van der Waals surface area contributed by atoms with Crippen molar-refractivity contribution in [3.8, 4) is 0 Å². The zero-order valence-corrected chi connectivity index (χ0v) is 14.4. The Morgan fingerprint density at radius 3 is 2.65 bits per heavy atom. The van der Waals surface area contributed by atoms with Gasteiger partial charge in [0.2, 0.25) is 0 Å². The number of likely N-dealkylation sites (tertiary alicyclic amines) is 1. The van der Waals surface area contributed by atoms with Crippen LogP contribution in [0.3, 0.4) is 0 Å². The standard InChI is InChI=1S/C19H20F2N4O/c20-15-5-2-12(8-16(15)21)18(26)24-9-14(19(10-24)6-1-7-19)17-23-22-11-25(17)13-3-4-13/h2,5,8,11,13-14H,1,3-4,6-7,9-10H2. The largest absolute Gasteiger partial charge is 0.337 e. The Morgan fingerprint density at radius 2 is 2.00 bits per heavy atom. The van der Waals surface area contributed by atoms with Crippen LogP contribution in [0.25, 0.3) is 0 Å². The molecule has 7 heteroatoms. The molecule has 1 saturated heterocycles. The van der Waals surface area contributed by atoms with Crippen molar-refractivity contribution in [3.63, 3.8) is 0 Å². The molecule has 26 heavy (non-hydrogen) atoms. The van der Waals surface area contributed by atoms with Gasteiger partial charge >= 0.3 is 0 Å². The highest BCUT2D eigenvalue weighted by molar-refractivity contribution is 5.94. The van der Waals surface area contributed by atoms with Crippen LogP contribution in [0.4, 0.5) is 8.78 Å². The summed E-state index contributed by atoms with van der Waals surface area (Å²) in [5, 5.41) is 8.51. The number of nitrogens with zero attached hydrogens (tertiary/aromatic N) is 4. The van der Waals surface area contributed by atoms with E-state index in [9.17, 15) is 13.6 Å². The fourth-order valence-corrected chi connectivity index (χ4v) is 4.56. The molecule has 0 N–H and O–H groups in total. The van der Waals surface area contributed by atoms with Gasteiger partial charge in [0.05, 0.1) is 0 Å². The summed E-state index contributed by atoms with van der Waals surface area (Å²) < 4.78 is 28.9. The van der Waals surface area contributed by atoms with Crippen molar-refractivity contribution in [2.75, 3.05) is 13.1 Å². The Bertz CT molecular complexity index is 872. The molecule has 1 atom stereocenters. The average Bonchev–Trinajstić information content (AvgIpc) is 3.18. The van der Waals surface area contributed by atoms with Crippen molar-refractivity contribution in [2.45, 2.75) is 44.1 Å². The molecule has 136 valence electrons.